The summed E-state index contributed by atoms with van der Waals surface area (Å²) >= 11 is 0. The van der Waals surface area contributed by atoms with E-state index in [0.29, 0.717) is 5.92 Å². The molecule has 2 unspecified atom stereocenters. The molecule has 2 heteroatoms. The Balaban J connectivity index is 1.27. The molecule has 0 saturated carbocycles. The number of fused-ring (bicyclic) bond motifs is 2. The summed E-state index contributed by atoms with van der Waals surface area (Å²) in [6.07, 6.45) is 8.67. The fourth-order valence-corrected chi connectivity index (χ4v) is 4.84. The van der Waals surface area contributed by atoms with Gasteiger partial charge in [0, 0.05) is 28.0 Å². The van der Waals surface area contributed by atoms with Crippen molar-refractivity contribution < 1.29 is 9.15 Å². The summed E-state index contributed by atoms with van der Waals surface area (Å²) in [6.45, 7) is 4.30. The maximum absolute atomic E-state index is 6.24. The van der Waals surface area contributed by atoms with Gasteiger partial charge in [-0.3, -0.25) is 0 Å². The number of furan rings is 1. The van der Waals surface area contributed by atoms with E-state index in [9.17, 15) is 0 Å². The molecule has 2 nitrogen and oxygen atoms in total. The van der Waals surface area contributed by atoms with Crippen molar-refractivity contribution in [2.45, 2.75) is 20.0 Å². The first-order valence-corrected chi connectivity index (χ1v) is 11.1. The van der Waals surface area contributed by atoms with Crippen LogP contribution in [0.2, 0.25) is 0 Å². The summed E-state index contributed by atoms with van der Waals surface area (Å²) in [5, 5.41) is 1.17. The van der Waals surface area contributed by atoms with Gasteiger partial charge in [0.15, 0.2) is 0 Å². The van der Waals surface area contributed by atoms with Gasteiger partial charge in [-0.15, -0.1) is 0 Å². The van der Waals surface area contributed by atoms with E-state index in [-0.39, 0.29) is 6.10 Å². The highest BCUT2D eigenvalue weighted by Gasteiger charge is 2.32. The number of benzene rings is 3. The van der Waals surface area contributed by atoms with Crippen LogP contribution < -0.4 is 0 Å². The standard InChI is InChI=1S/C30H24O2/c1-19-25-7-3-5-9-27(25)31-29(19)23-15-11-21(12-16-23)22-13-17-24(18-14-22)30-20(2)26-8-4-6-10-28(26)32-30/h3-18,25,27H,1-2H3. The van der Waals surface area contributed by atoms with Gasteiger partial charge in [0.1, 0.15) is 23.2 Å². The van der Waals surface area contributed by atoms with Crippen LogP contribution in [0, 0.1) is 12.8 Å². The van der Waals surface area contributed by atoms with Gasteiger partial charge in [0.05, 0.1) is 0 Å². The minimum absolute atomic E-state index is 0.129. The fourth-order valence-electron chi connectivity index (χ4n) is 4.84. The summed E-state index contributed by atoms with van der Waals surface area (Å²) in [5.74, 6) is 2.31. The maximum Gasteiger partial charge on any atom is 0.138 e. The lowest BCUT2D eigenvalue weighted by Crippen LogP contribution is -2.15. The van der Waals surface area contributed by atoms with Gasteiger partial charge in [0.25, 0.3) is 0 Å². The molecule has 3 aromatic carbocycles. The zero-order chi connectivity index (χ0) is 21.7. The van der Waals surface area contributed by atoms with E-state index in [0.717, 1.165) is 28.2 Å². The Labute approximate surface area is 188 Å². The van der Waals surface area contributed by atoms with Crippen LogP contribution in [0.5, 0.6) is 0 Å². The van der Waals surface area contributed by atoms with E-state index < -0.39 is 0 Å². The van der Waals surface area contributed by atoms with Gasteiger partial charge in [-0.2, -0.15) is 0 Å². The molecule has 0 spiro atoms. The Morgan fingerprint density at radius 3 is 1.97 bits per heavy atom. The Hall–Kier alpha value is -3.78. The Morgan fingerprint density at radius 2 is 1.28 bits per heavy atom. The second-order valence-electron chi connectivity index (χ2n) is 8.60. The van der Waals surface area contributed by atoms with Gasteiger partial charge in [-0.25, -0.2) is 0 Å². The molecule has 4 aromatic rings. The molecule has 156 valence electrons. The number of allylic oxidation sites excluding steroid dienone is 2. The summed E-state index contributed by atoms with van der Waals surface area (Å²) < 4.78 is 12.4. The topological polar surface area (TPSA) is 22.4 Å². The minimum atomic E-state index is 0.129. The third-order valence-corrected chi connectivity index (χ3v) is 6.67. The number of rotatable bonds is 3. The average Bonchev–Trinajstić information content (AvgIpc) is 3.37. The van der Waals surface area contributed by atoms with Crippen molar-refractivity contribution in [1.82, 2.24) is 0 Å². The Bertz CT molecular complexity index is 1400. The van der Waals surface area contributed by atoms with Crippen LogP contribution in [0.3, 0.4) is 0 Å². The van der Waals surface area contributed by atoms with Crippen molar-refractivity contribution in [3.8, 4) is 22.5 Å². The molecule has 0 bridgehead atoms. The van der Waals surface area contributed by atoms with Crippen molar-refractivity contribution in [2.24, 2.45) is 5.92 Å². The molecule has 2 aliphatic rings. The number of para-hydroxylation sites is 1. The molecule has 2 atom stereocenters. The minimum Gasteiger partial charge on any atom is -0.485 e. The molecular weight excluding hydrogens is 392 g/mol. The first-order chi connectivity index (χ1) is 15.7. The van der Waals surface area contributed by atoms with Crippen molar-refractivity contribution >= 4 is 16.7 Å². The first kappa shape index (κ1) is 18.9. The van der Waals surface area contributed by atoms with Crippen molar-refractivity contribution in [3.05, 3.63) is 114 Å². The molecule has 0 fully saturated rings. The van der Waals surface area contributed by atoms with E-state index >= 15 is 0 Å². The van der Waals surface area contributed by atoms with Crippen molar-refractivity contribution in [3.63, 3.8) is 0 Å². The lowest BCUT2D eigenvalue weighted by Gasteiger charge is -2.16. The molecule has 32 heavy (non-hydrogen) atoms. The van der Waals surface area contributed by atoms with Gasteiger partial charge in [-0.1, -0.05) is 85.0 Å². The van der Waals surface area contributed by atoms with Crippen LogP contribution in [0.15, 0.2) is 107 Å². The van der Waals surface area contributed by atoms with E-state index in [1.54, 1.807) is 0 Å². The van der Waals surface area contributed by atoms with Crippen LogP contribution >= 0.6 is 0 Å². The lowest BCUT2D eigenvalue weighted by atomic mass is 9.91. The third kappa shape index (κ3) is 3.03. The largest absolute Gasteiger partial charge is 0.485 e. The Kier molecular flexibility index (Phi) is 4.39. The fraction of sp³-hybridized carbons (Fsp3) is 0.133. The summed E-state index contributed by atoms with van der Waals surface area (Å²) in [7, 11) is 0. The smallest absolute Gasteiger partial charge is 0.138 e. The maximum atomic E-state index is 6.24. The van der Waals surface area contributed by atoms with Gasteiger partial charge >= 0.3 is 0 Å². The molecule has 0 N–H and O–H groups in total. The summed E-state index contributed by atoms with van der Waals surface area (Å²) in [6, 6.07) is 25.5. The number of hydrogen-bond acceptors (Lipinski definition) is 2. The number of aryl methyl sites for hydroxylation is 1. The normalized spacial score (nSPS) is 19.4. The number of hydrogen-bond donors (Lipinski definition) is 0. The molecule has 1 aromatic heterocycles. The Morgan fingerprint density at radius 1 is 0.656 bits per heavy atom. The molecule has 1 aliphatic heterocycles. The zero-order valence-corrected chi connectivity index (χ0v) is 18.2. The molecule has 0 saturated heterocycles. The molecule has 2 heterocycles. The van der Waals surface area contributed by atoms with Gasteiger partial charge < -0.3 is 9.15 Å². The van der Waals surface area contributed by atoms with E-state index in [2.05, 4.69) is 98.8 Å². The molecule has 1 aliphatic carbocycles. The van der Waals surface area contributed by atoms with Gasteiger partial charge in [-0.05, 0) is 42.7 Å². The second kappa shape index (κ2) is 7.42. The van der Waals surface area contributed by atoms with E-state index in [1.165, 1.54) is 27.6 Å². The van der Waals surface area contributed by atoms with Crippen molar-refractivity contribution in [2.75, 3.05) is 0 Å². The summed E-state index contributed by atoms with van der Waals surface area (Å²) in [5.41, 5.74) is 8.03. The van der Waals surface area contributed by atoms with Crippen LogP contribution in [-0.4, -0.2) is 6.10 Å². The molecule has 0 amide bonds. The van der Waals surface area contributed by atoms with E-state index in [1.807, 2.05) is 12.1 Å². The first-order valence-electron chi connectivity index (χ1n) is 11.1. The SMILES string of the molecule is CC1=C(c2ccc(-c3ccc(-c4oc5ccccc5c4C)cc3)cc2)OC2C=CC=CC12. The third-order valence-electron chi connectivity index (χ3n) is 6.67. The average molecular weight is 417 g/mol. The monoisotopic (exact) mass is 416 g/mol. The highest BCUT2D eigenvalue weighted by atomic mass is 16.5. The molecule has 6 rings (SSSR count). The van der Waals surface area contributed by atoms with Crippen LogP contribution in [0.1, 0.15) is 18.1 Å². The number of ether oxygens (including phenoxy) is 1. The zero-order valence-electron chi connectivity index (χ0n) is 18.2. The quantitative estimate of drug-likeness (QED) is 0.338. The highest BCUT2D eigenvalue weighted by molar-refractivity contribution is 5.87. The van der Waals surface area contributed by atoms with Crippen LogP contribution in [-0.2, 0) is 4.74 Å². The predicted octanol–water partition coefficient (Wildman–Crippen LogP) is 7.95. The van der Waals surface area contributed by atoms with E-state index in [4.69, 9.17) is 9.15 Å². The molecular formula is C30H24O2. The predicted molar refractivity (Wildman–Crippen MR) is 131 cm³/mol. The van der Waals surface area contributed by atoms with Gasteiger partial charge in [0.2, 0.25) is 0 Å². The molecule has 0 radical (unpaired) electrons. The highest BCUT2D eigenvalue weighted by Crippen LogP contribution is 2.40. The van der Waals surface area contributed by atoms with Crippen LogP contribution in [0.25, 0.3) is 39.2 Å². The lowest BCUT2D eigenvalue weighted by molar-refractivity contribution is 0.212. The summed E-state index contributed by atoms with van der Waals surface area (Å²) in [4.78, 5) is 0. The van der Waals surface area contributed by atoms with Crippen molar-refractivity contribution in [1.29, 1.82) is 0 Å². The second-order valence-corrected chi connectivity index (χ2v) is 8.60. The van der Waals surface area contributed by atoms with Crippen LogP contribution in [0.4, 0.5) is 0 Å².